The van der Waals surface area contributed by atoms with E-state index in [1.54, 1.807) is 0 Å². The summed E-state index contributed by atoms with van der Waals surface area (Å²) >= 11 is 10.3. The molecule has 22 heavy (non-hydrogen) atoms. The molecule has 0 aliphatic carbocycles. The molecule has 0 aliphatic heterocycles. The summed E-state index contributed by atoms with van der Waals surface area (Å²) in [6, 6.07) is 18.5. The van der Waals surface area contributed by atoms with E-state index in [-0.39, 0.29) is 0 Å². The zero-order valence-corrected chi connectivity index (χ0v) is 13.5. The Kier molecular flexibility index (Phi) is 4.13. The quantitative estimate of drug-likeness (QED) is 0.548. The zero-order valence-electron chi connectivity index (χ0n) is 11.9. The summed E-state index contributed by atoms with van der Waals surface area (Å²) in [4.78, 5) is 0. The van der Waals surface area contributed by atoms with E-state index in [0.717, 1.165) is 11.3 Å². The Bertz CT molecular complexity index is 888. The van der Waals surface area contributed by atoms with Crippen molar-refractivity contribution in [3.8, 4) is 11.1 Å². The highest BCUT2D eigenvalue weighted by Gasteiger charge is 2.02. The van der Waals surface area contributed by atoms with Gasteiger partial charge in [0.05, 0.1) is 5.71 Å². The molecule has 0 amide bonds. The fourth-order valence-electron chi connectivity index (χ4n) is 2.14. The van der Waals surface area contributed by atoms with Gasteiger partial charge in [-0.25, -0.2) is 0 Å². The molecule has 6 heteroatoms. The number of nitrogens with one attached hydrogen (secondary N) is 2. The summed E-state index contributed by atoms with van der Waals surface area (Å²) in [6.45, 7) is 1.93. The largest absolute Gasteiger partial charge is 0.273 e. The monoisotopic (exact) mass is 326 g/mol. The highest BCUT2D eigenvalue weighted by atomic mass is 32.1. The standard InChI is InChI=1S/C16H14N4S2/c1-11(19-20-15(21)17-18-16(20)22)12-7-9-14(10-8-12)13-5-3-2-4-6-13/h2-10H,1H3,(H,17,21)(H,18,22)/b19-11-. The number of H-pyrrole nitrogens is 2. The van der Waals surface area contributed by atoms with Gasteiger partial charge in [-0.3, -0.25) is 10.2 Å². The lowest BCUT2D eigenvalue weighted by Gasteiger charge is -2.04. The lowest BCUT2D eigenvalue weighted by atomic mass is 10.0. The molecule has 0 atom stereocenters. The molecule has 0 radical (unpaired) electrons. The van der Waals surface area contributed by atoms with E-state index in [0.29, 0.717) is 9.54 Å². The number of aromatic nitrogens is 3. The fourth-order valence-corrected chi connectivity index (χ4v) is 2.56. The first-order chi connectivity index (χ1) is 10.6. The van der Waals surface area contributed by atoms with Gasteiger partial charge in [-0.2, -0.15) is 9.78 Å². The first-order valence-electron chi connectivity index (χ1n) is 6.76. The zero-order chi connectivity index (χ0) is 15.5. The van der Waals surface area contributed by atoms with Gasteiger partial charge in [0.2, 0.25) is 9.54 Å². The lowest BCUT2D eigenvalue weighted by Crippen LogP contribution is -2.00. The molecule has 3 aromatic rings. The van der Waals surface area contributed by atoms with Gasteiger partial charge in [0.1, 0.15) is 0 Å². The minimum Gasteiger partial charge on any atom is -0.273 e. The highest BCUT2D eigenvalue weighted by molar-refractivity contribution is 7.72. The van der Waals surface area contributed by atoms with Crippen molar-refractivity contribution in [3.63, 3.8) is 0 Å². The summed E-state index contributed by atoms with van der Waals surface area (Å²) in [5.74, 6) is 0. The van der Waals surface area contributed by atoms with Crippen LogP contribution in [-0.4, -0.2) is 20.6 Å². The van der Waals surface area contributed by atoms with E-state index in [1.165, 1.54) is 15.8 Å². The molecule has 2 N–H and O–H groups in total. The maximum atomic E-state index is 5.13. The lowest BCUT2D eigenvalue weighted by molar-refractivity contribution is 0.842. The second-order valence-electron chi connectivity index (χ2n) is 4.80. The van der Waals surface area contributed by atoms with E-state index in [4.69, 9.17) is 24.4 Å². The highest BCUT2D eigenvalue weighted by Crippen LogP contribution is 2.19. The Morgan fingerprint density at radius 3 is 2.00 bits per heavy atom. The molecule has 0 aliphatic rings. The third-order valence-electron chi connectivity index (χ3n) is 3.32. The average molecular weight is 326 g/mol. The molecule has 2 aromatic carbocycles. The van der Waals surface area contributed by atoms with Crippen LogP contribution in [0.4, 0.5) is 0 Å². The summed E-state index contributed by atoms with van der Waals surface area (Å²) in [6.07, 6.45) is 0. The number of hydrogen-bond donors (Lipinski definition) is 2. The summed E-state index contributed by atoms with van der Waals surface area (Å²) < 4.78 is 2.40. The van der Waals surface area contributed by atoms with E-state index in [9.17, 15) is 0 Å². The van der Waals surface area contributed by atoms with Gasteiger partial charge in [0.15, 0.2) is 0 Å². The Labute approximate surface area is 138 Å². The molecule has 0 fully saturated rings. The third-order valence-corrected chi connectivity index (χ3v) is 3.87. The molecule has 4 nitrogen and oxygen atoms in total. The molecule has 0 bridgehead atoms. The molecular weight excluding hydrogens is 312 g/mol. The van der Waals surface area contributed by atoms with Crippen LogP contribution in [0.2, 0.25) is 0 Å². The number of rotatable bonds is 3. The van der Waals surface area contributed by atoms with Crippen LogP contribution in [0.3, 0.4) is 0 Å². The van der Waals surface area contributed by atoms with Gasteiger partial charge in [0, 0.05) is 0 Å². The van der Waals surface area contributed by atoms with Gasteiger partial charge in [0.25, 0.3) is 0 Å². The SMILES string of the molecule is C/C(=N/n1c(=S)[nH][nH]c1=S)c1ccc(-c2ccccc2)cc1. The normalized spacial score (nSPS) is 11.6. The minimum atomic E-state index is 0.449. The molecule has 0 saturated heterocycles. The van der Waals surface area contributed by atoms with Gasteiger partial charge in [-0.15, -0.1) is 0 Å². The van der Waals surface area contributed by atoms with Crippen LogP contribution < -0.4 is 0 Å². The summed E-state index contributed by atoms with van der Waals surface area (Å²) in [5, 5.41) is 9.99. The van der Waals surface area contributed by atoms with Crippen molar-refractivity contribution in [2.75, 3.05) is 0 Å². The van der Waals surface area contributed by atoms with E-state index in [2.05, 4.69) is 39.6 Å². The molecule has 1 aromatic heterocycles. The summed E-state index contributed by atoms with van der Waals surface area (Å²) in [7, 11) is 0. The molecular formula is C16H14N4S2. The van der Waals surface area contributed by atoms with Crippen molar-refractivity contribution in [1.82, 2.24) is 14.9 Å². The van der Waals surface area contributed by atoms with Crippen LogP contribution in [0.15, 0.2) is 59.7 Å². The van der Waals surface area contributed by atoms with Crippen molar-refractivity contribution in [3.05, 3.63) is 69.7 Å². The van der Waals surface area contributed by atoms with Crippen LogP contribution in [0.25, 0.3) is 11.1 Å². The molecule has 0 saturated carbocycles. The number of hydrogen-bond acceptors (Lipinski definition) is 3. The Hall–Kier alpha value is -2.31. The predicted octanol–water partition coefficient (Wildman–Crippen LogP) is 4.54. The topological polar surface area (TPSA) is 48.9 Å². The van der Waals surface area contributed by atoms with Crippen LogP contribution >= 0.6 is 24.4 Å². The molecule has 110 valence electrons. The Morgan fingerprint density at radius 1 is 0.864 bits per heavy atom. The molecule has 0 unspecified atom stereocenters. The third kappa shape index (κ3) is 2.98. The van der Waals surface area contributed by atoms with Crippen LogP contribution in [-0.2, 0) is 0 Å². The molecule has 1 heterocycles. The van der Waals surface area contributed by atoms with Gasteiger partial charge >= 0.3 is 0 Å². The molecule has 3 rings (SSSR count). The van der Waals surface area contributed by atoms with Crippen molar-refractivity contribution in [1.29, 1.82) is 0 Å². The first kappa shape index (κ1) is 14.6. The van der Waals surface area contributed by atoms with Crippen LogP contribution in [0.5, 0.6) is 0 Å². The first-order valence-corrected chi connectivity index (χ1v) is 7.58. The average Bonchev–Trinajstić information content (AvgIpc) is 2.88. The van der Waals surface area contributed by atoms with Crippen LogP contribution in [0.1, 0.15) is 12.5 Å². The Balaban J connectivity index is 1.93. The van der Waals surface area contributed by atoms with Gasteiger partial charge < -0.3 is 0 Å². The van der Waals surface area contributed by atoms with Crippen molar-refractivity contribution in [2.24, 2.45) is 5.10 Å². The smallest absolute Gasteiger partial charge is 0.215 e. The maximum Gasteiger partial charge on any atom is 0.215 e. The van der Waals surface area contributed by atoms with E-state index >= 15 is 0 Å². The van der Waals surface area contributed by atoms with Crippen molar-refractivity contribution >= 4 is 30.1 Å². The van der Waals surface area contributed by atoms with Gasteiger partial charge in [-0.05, 0) is 48.0 Å². The maximum absolute atomic E-state index is 5.13. The van der Waals surface area contributed by atoms with Gasteiger partial charge in [-0.1, -0.05) is 54.6 Å². The summed E-state index contributed by atoms with van der Waals surface area (Å²) in [5.41, 5.74) is 4.23. The van der Waals surface area contributed by atoms with Crippen molar-refractivity contribution in [2.45, 2.75) is 6.92 Å². The number of nitrogens with zero attached hydrogens (tertiary/aromatic N) is 2. The van der Waals surface area contributed by atoms with Crippen LogP contribution in [0, 0.1) is 9.54 Å². The van der Waals surface area contributed by atoms with Crippen molar-refractivity contribution < 1.29 is 0 Å². The minimum absolute atomic E-state index is 0.449. The number of aromatic amines is 2. The van der Waals surface area contributed by atoms with E-state index < -0.39 is 0 Å². The Morgan fingerprint density at radius 2 is 1.41 bits per heavy atom. The second-order valence-corrected chi connectivity index (χ2v) is 5.57. The fraction of sp³-hybridized carbons (Fsp3) is 0.0625. The predicted molar refractivity (Wildman–Crippen MR) is 94.3 cm³/mol. The second kappa shape index (κ2) is 6.21. The number of benzene rings is 2. The van der Waals surface area contributed by atoms with E-state index in [1.807, 2.05) is 37.3 Å². The molecule has 0 spiro atoms.